The first-order valence-electron chi connectivity index (χ1n) is 2.67. The molecule has 0 radical (unpaired) electrons. The summed E-state index contributed by atoms with van der Waals surface area (Å²) in [6.45, 7) is 3.84. The Bertz CT molecular complexity index is 232. The fourth-order valence-electron chi connectivity index (χ4n) is 1.04. The Hall–Kier alpha value is -1.04. The van der Waals surface area contributed by atoms with E-state index in [1.54, 1.807) is 0 Å². The van der Waals surface area contributed by atoms with Crippen molar-refractivity contribution in [3.63, 3.8) is 0 Å². The first-order chi connectivity index (χ1) is 3.86. The first kappa shape index (κ1) is 3.90. The molecule has 0 aromatic rings. The molecule has 0 nitrogen and oxygen atoms in total. The predicted octanol–water partition coefficient (Wildman–Crippen LogP) is 1.98. The first-order valence-corrected chi connectivity index (χ1v) is 2.67. The topological polar surface area (TPSA) is 0 Å². The molecule has 0 atom stereocenters. The molecule has 0 saturated carbocycles. The van der Waals surface area contributed by atoms with Crippen LogP contribution in [0.15, 0.2) is 47.6 Å². The summed E-state index contributed by atoms with van der Waals surface area (Å²) in [5, 5.41) is 0. The summed E-state index contributed by atoms with van der Waals surface area (Å²) < 4.78 is 0. The molecule has 0 fully saturated rings. The van der Waals surface area contributed by atoms with Crippen molar-refractivity contribution in [1.29, 1.82) is 0 Å². The normalized spacial score (nSPS) is 21.8. The van der Waals surface area contributed by atoms with Gasteiger partial charge in [-0.15, -0.1) is 0 Å². The molecule has 0 N–H and O–H groups in total. The summed E-state index contributed by atoms with van der Waals surface area (Å²) in [7, 11) is 0. The summed E-state index contributed by atoms with van der Waals surface area (Å²) in [4.78, 5) is 0. The largest absolute Gasteiger partial charge is 0.0911 e. The van der Waals surface area contributed by atoms with Crippen LogP contribution >= 0.6 is 0 Å². The van der Waals surface area contributed by atoms with Crippen LogP contribution in [0.25, 0.3) is 0 Å². The maximum absolute atomic E-state index is 3.84. The molecule has 8 heavy (non-hydrogen) atoms. The van der Waals surface area contributed by atoms with E-state index >= 15 is 0 Å². The minimum absolute atomic E-state index is 1.16. The Morgan fingerprint density at radius 2 is 2.00 bits per heavy atom. The van der Waals surface area contributed by atoms with E-state index < -0.39 is 0 Å². The highest BCUT2D eigenvalue weighted by molar-refractivity contribution is 5.65. The number of fused-ring (bicyclic) bond motifs is 1. The molecule has 2 rings (SSSR count). The lowest BCUT2D eigenvalue weighted by molar-refractivity contribution is 1.62. The van der Waals surface area contributed by atoms with E-state index in [4.69, 9.17) is 0 Å². The second kappa shape index (κ2) is 1.03. The van der Waals surface area contributed by atoms with Crippen LogP contribution in [0.1, 0.15) is 0 Å². The van der Waals surface area contributed by atoms with Gasteiger partial charge in [0, 0.05) is 0 Å². The Labute approximate surface area is 48.5 Å². The molecule has 0 aromatic carbocycles. The minimum Gasteiger partial charge on any atom is -0.0911 e. The van der Waals surface area contributed by atoms with E-state index in [0.29, 0.717) is 0 Å². The van der Waals surface area contributed by atoms with Crippen molar-refractivity contribution < 1.29 is 0 Å². The highest BCUT2D eigenvalue weighted by Crippen LogP contribution is 2.29. The molecule has 2 aliphatic rings. The van der Waals surface area contributed by atoms with Gasteiger partial charge >= 0.3 is 0 Å². The Balaban J connectivity index is 2.68. The van der Waals surface area contributed by atoms with Gasteiger partial charge in [-0.2, -0.15) is 0 Å². The molecule has 38 valence electrons. The number of hydrogen-bond donors (Lipinski definition) is 0. The summed E-state index contributed by atoms with van der Waals surface area (Å²) >= 11 is 0. The standard InChI is InChI=1S/C8H6/c1-6-4-7-2-3-8(6)5-7/h2-5H,1H2. The third-order valence-corrected chi connectivity index (χ3v) is 1.49. The lowest BCUT2D eigenvalue weighted by Crippen LogP contribution is -1.74. The minimum atomic E-state index is 1.16. The molecule has 0 heterocycles. The SMILES string of the molecule is C=C1C=C2C=CC1=C2. The van der Waals surface area contributed by atoms with Crippen LogP contribution < -0.4 is 0 Å². The second-order valence-electron chi connectivity index (χ2n) is 2.10. The van der Waals surface area contributed by atoms with Crippen molar-refractivity contribution in [2.45, 2.75) is 0 Å². The fourth-order valence-corrected chi connectivity index (χ4v) is 1.04. The van der Waals surface area contributed by atoms with Gasteiger partial charge in [-0.05, 0) is 28.9 Å². The van der Waals surface area contributed by atoms with Gasteiger partial charge in [0.15, 0.2) is 0 Å². The molecular formula is C8H6. The van der Waals surface area contributed by atoms with E-state index in [-0.39, 0.29) is 0 Å². The monoisotopic (exact) mass is 102 g/mol. The van der Waals surface area contributed by atoms with Crippen molar-refractivity contribution >= 4 is 0 Å². The van der Waals surface area contributed by atoms with Crippen molar-refractivity contribution in [2.75, 3.05) is 0 Å². The molecule has 2 aliphatic carbocycles. The quantitative estimate of drug-likeness (QED) is 0.438. The number of allylic oxidation sites excluding steroid dienone is 7. The zero-order valence-electron chi connectivity index (χ0n) is 4.52. The van der Waals surface area contributed by atoms with E-state index in [0.717, 1.165) is 5.57 Å². The van der Waals surface area contributed by atoms with Crippen LogP contribution in [0.5, 0.6) is 0 Å². The van der Waals surface area contributed by atoms with Gasteiger partial charge < -0.3 is 0 Å². The van der Waals surface area contributed by atoms with Gasteiger partial charge in [-0.3, -0.25) is 0 Å². The Morgan fingerprint density at radius 3 is 2.25 bits per heavy atom. The van der Waals surface area contributed by atoms with Crippen molar-refractivity contribution in [1.82, 2.24) is 0 Å². The molecule has 0 spiro atoms. The molecule has 0 aliphatic heterocycles. The second-order valence-corrected chi connectivity index (χ2v) is 2.10. The lowest BCUT2D eigenvalue weighted by atomic mass is 10.1. The van der Waals surface area contributed by atoms with Crippen LogP contribution in [-0.4, -0.2) is 0 Å². The van der Waals surface area contributed by atoms with Gasteiger partial charge in [0.1, 0.15) is 0 Å². The molecule has 0 amide bonds. The van der Waals surface area contributed by atoms with Crippen LogP contribution in [0.3, 0.4) is 0 Å². The number of hydrogen-bond acceptors (Lipinski definition) is 0. The van der Waals surface area contributed by atoms with Crippen LogP contribution in [0.4, 0.5) is 0 Å². The molecule has 0 aromatic heterocycles. The highest BCUT2D eigenvalue weighted by atomic mass is 14.1. The number of rotatable bonds is 0. The van der Waals surface area contributed by atoms with Gasteiger partial charge in [0.25, 0.3) is 0 Å². The average molecular weight is 102 g/mol. The van der Waals surface area contributed by atoms with Crippen molar-refractivity contribution in [3.05, 3.63) is 47.6 Å². The summed E-state index contributed by atoms with van der Waals surface area (Å²) in [6.07, 6.45) is 8.43. The van der Waals surface area contributed by atoms with Crippen LogP contribution in [0.2, 0.25) is 0 Å². The lowest BCUT2D eigenvalue weighted by Gasteiger charge is -1.93. The van der Waals surface area contributed by atoms with E-state index in [9.17, 15) is 0 Å². The molecule has 0 heteroatoms. The van der Waals surface area contributed by atoms with Gasteiger partial charge in [0.05, 0.1) is 0 Å². The van der Waals surface area contributed by atoms with E-state index in [2.05, 4.69) is 30.9 Å². The molecule has 0 unspecified atom stereocenters. The molecular weight excluding hydrogens is 96.1 g/mol. The van der Waals surface area contributed by atoms with E-state index in [1.165, 1.54) is 11.1 Å². The smallest absolute Gasteiger partial charge is 0.0184 e. The third-order valence-electron chi connectivity index (χ3n) is 1.49. The van der Waals surface area contributed by atoms with E-state index in [1.807, 2.05) is 0 Å². The molecule has 2 bridgehead atoms. The molecule has 0 saturated heterocycles. The maximum atomic E-state index is 3.84. The fraction of sp³-hybridized carbons (Fsp3) is 0. The van der Waals surface area contributed by atoms with Gasteiger partial charge in [0.2, 0.25) is 0 Å². The van der Waals surface area contributed by atoms with Crippen molar-refractivity contribution in [3.8, 4) is 0 Å². The highest BCUT2D eigenvalue weighted by Gasteiger charge is 2.10. The summed E-state index contributed by atoms with van der Waals surface area (Å²) in [6, 6.07) is 0. The van der Waals surface area contributed by atoms with Crippen molar-refractivity contribution in [2.24, 2.45) is 0 Å². The van der Waals surface area contributed by atoms with Crippen LogP contribution in [0, 0.1) is 0 Å². The summed E-state index contributed by atoms with van der Waals surface area (Å²) in [5.41, 5.74) is 3.73. The predicted molar refractivity (Wildman–Crippen MR) is 34.4 cm³/mol. The Morgan fingerprint density at radius 1 is 1.12 bits per heavy atom. The average Bonchev–Trinajstić information content (AvgIpc) is 2.23. The maximum Gasteiger partial charge on any atom is -0.0184 e. The third kappa shape index (κ3) is 0.305. The Kier molecular flexibility index (Phi) is 0.500. The summed E-state index contributed by atoms with van der Waals surface area (Å²) in [5.74, 6) is 0. The van der Waals surface area contributed by atoms with Crippen LogP contribution in [-0.2, 0) is 0 Å². The zero-order valence-corrected chi connectivity index (χ0v) is 4.52. The zero-order chi connectivity index (χ0) is 5.56. The van der Waals surface area contributed by atoms with Gasteiger partial charge in [-0.25, -0.2) is 0 Å². The van der Waals surface area contributed by atoms with Gasteiger partial charge in [-0.1, -0.05) is 18.7 Å².